The normalized spacial score (nSPS) is 11.3. The minimum atomic E-state index is -0.719. The molecule has 0 radical (unpaired) electrons. The van der Waals surface area contributed by atoms with Gasteiger partial charge in [-0.25, -0.2) is 4.79 Å². The van der Waals surface area contributed by atoms with Gasteiger partial charge in [0.2, 0.25) is 0 Å². The minimum Gasteiger partial charge on any atom is -0.467 e. The lowest BCUT2D eigenvalue weighted by Crippen LogP contribution is -2.41. The molecule has 0 unspecified atom stereocenters. The van der Waals surface area contributed by atoms with Crippen molar-refractivity contribution in [3.05, 3.63) is 0 Å². The topological polar surface area (TPSA) is 35.5 Å². The van der Waals surface area contributed by atoms with Crippen LogP contribution in [-0.4, -0.2) is 25.3 Å². The third kappa shape index (κ3) is 2.21. The minimum absolute atomic E-state index is 0.269. The molecule has 0 saturated carbocycles. The zero-order chi connectivity index (χ0) is 9.61. The quantitative estimate of drug-likeness (QED) is 0.596. The van der Waals surface area contributed by atoms with Gasteiger partial charge in [-0.15, -0.1) is 0 Å². The van der Waals surface area contributed by atoms with Crippen LogP contribution in [0.4, 0.5) is 0 Å². The van der Waals surface area contributed by atoms with Crippen LogP contribution in [0, 0.1) is 0 Å². The fourth-order valence-corrected chi connectivity index (χ4v) is 1.26. The smallest absolute Gasteiger partial charge is 0.338 e. The van der Waals surface area contributed by atoms with E-state index in [2.05, 4.69) is 4.74 Å². The van der Waals surface area contributed by atoms with Crippen molar-refractivity contribution in [2.45, 2.75) is 39.2 Å². The van der Waals surface area contributed by atoms with E-state index >= 15 is 0 Å². The lowest BCUT2D eigenvalue weighted by Gasteiger charge is -2.27. The van der Waals surface area contributed by atoms with Crippen molar-refractivity contribution in [1.82, 2.24) is 0 Å². The van der Waals surface area contributed by atoms with Gasteiger partial charge in [-0.1, -0.05) is 13.8 Å². The highest BCUT2D eigenvalue weighted by atomic mass is 16.6. The largest absolute Gasteiger partial charge is 0.467 e. The Morgan fingerprint density at radius 3 is 2.00 bits per heavy atom. The molecule has 0 heterocycles. The van der Waals surface area contributed by atoms with Crippen LogP contribution in [0.25, 0.3) is 0 Å². The van der Waals surface area contributed by atoms with Crippen LogP contribution in [0.2, 0.25) is 0 Å². The molecule has 0 aliphatic heterocycles. The van der Waals surface area contributed by atoms with Crippen LogP contribution in [-0.2, 0) is 14.3 Å². The summed E-state index contributed by atoms with van der Waals surface area (Å²) in [5.74, 6) is -0.269. The maximum absolute atomic E-state index is 11.3. The molecule has 0 aliphatic rings. The first-order valence-electron chi connectivity index (χ1n) is 4.39. The zero-order valence-corrected chi connectivity index (χ0v) is 8.35. The van der Waals surface area contributed by atoms with E-state index in [1.54, 1.807) is 0 Å². The summed E-state index contributed by atoms with van der Waals surface area (Å²) >= 11 is 0. The Hall–Kier alpha value is -0.570. The number of carbonyl (C=O) groups excluding carboxylic acids is 1. The average molecular weight is 174 g/mol. The van der Waals surface area contributed by atoms with E-state index in [-0.39, 0.29) is 5.97 Å². The first kappa shape index (κ1) is 11.4. The Morgan fingerprint density at radius 2 is 1.75 bits per heavy atom. The molecular weight excluding hydrogens is 156 g/mol. The highest BCUT2D eigenvalue weighted by Crippen LogP contribution is 2.21. The van der Waals surface area contributed by atoms with E-state index in [0.29, 0.717) is 19.4 Å². The second-order valence-electron chi connectivity index (χ2n) is 2.63. The lowest BCUT2D eigenvalue weighted by molar-refractivity contribution is -0.170. The van der Waals surface area contributed by atoms with E-state index in [1.807, 2.05) is 20.8 Å². The second kappa shape index (κ2) is 5.14. The van der Waals surface area contributed by atoms with Crippen LogP contribution in [0.3, 0.4) is 0 Å². The van der Waals surface area contributed by atoms with E-state index in [4.69, 9.17) is 4.74 Å². The number of esters is 1. The SMILES string of the molecule is CCOC(CC)(CC)C(=O)OC. The van der Waals surface area contributed by atoms with Gasteiger partial charge in [0.1, 0.15) is 0 Å². The first-order valence-corrected chi connectivity index (χ1v) is 4.39. The summed E-state index contributed by atoms with van der Waals surface area (Å²) in [7, 11) is 1.39. The molecule has 0 N–H and O–H groups in total. The van der Waals surface area contributed by atoms with Crippen molar-refractivity contribution in [1.29, 1.82) is 0 Å². The van der Waals surface area contributed by atoms with Crippen molar-refractivity contribution < 1.29 is 14.3 Å². The Morgan fingerprint density at radius 1 is 1.25 bits per heavy atom. The molecular formula is C9H18O3. The molecule has 0 saturated heterocycles. The van der Waals surface area contributed by atoms with Gasteiger partial charge >= 0.3 is 5.97 Å². The lowest BCUT2D eigenvalue weighted by atomic mass is 9.97. The predicted molar refractivity (Wildman–Crippen MR) is 47.0 cm³/mol. The Bertz CT molecular complexity index is 139. The molecule has 12 heavy (non-hydrogen) atoms. The second-order valence-corrected chi connectivity index (χ2v) is 2.63. The number of ether oxygens (including phenoxy) is 2. The van der Waals surface area contributed by atoms with Gasteiger partial charge in [0, 0.05) is 6.61 Å². The van der Waals surface area contributed by atoms with Gasteiger partial charge in [0.25, 0.3) is 0 Å². The third-order valence-corrected chi connectivity index (χ3v) is 2.12. The van der Waals surface area contributed by atoms with Crippen molar-refractivity contribution in [2.24, 2.45) is 0 Å². The van der Waals surface area contributed by atoms with Crippen LogP contribution in [0.1, 0.15) is 33.6 Å². The molecule has 0 fully saturated rings. The molecule has 0 aliphatic carbocycles. The molecule has 0 spiro atoms. The van der Waals surface area contributed by atoms with E-state index in [1.165, 1.54) is 7.11 Å². The van der Waals surface area contributed by atoms with E-state index in [0.717, 1.165) is 0 Å². The van der Waals surface area contributed by atoms with Crippen molar-refractivity contribution >= 4 is 5.97 Å². The fraction of sp³-hybridized carbons (Fsp3) is 0.889. The van der Waals surface area contributed by atoms with Crippen LogP contribution < -0.4 is 0 Å². The molecule has 0 aromatic carbocycles. The summed E-state index contributed by atoms with van der Waals surface area (Å²) in [6, 6.07) is 0. The van der Waals surface area contributed by atoms with Crippen LogP contribution >= 0.6 is 0 Å². The van der Waals surface area contributed by atoms with Gasteiger partial charge in [-0.2, -0.15) is 0 Å². The van der Waals surface area contributed by atoms with Gasteiger partial charge < -0.3 is 9.47 Å². The standard InChI is InChI=1S/C9H18O3/c1-5-9(6-2,12-7-3)8(10)11-4/h5-7H2,1-4H3. The summed E-state index contributed by atoms with van der Waals surface area (Å²) in [6.07, 6.45) is 1.31. The maximum atomic E-state index is 11.3. The Kier molecular flexibility index (Phi) is 4.90. The molecule has 0 bridgehead atoms. The first-order chi connectivity index (χ1) is 5.66. The zero-order valence-electron chi connectivity index (χ0n) is 8.35. The molecule has 72 valence electrons. The fourth-order valence-electron chi connectivity index (χ4n) is 1.26. The van der Waals surface area contributed by atoms with E-state index < -0.39 is 5.60 Å². The summed E-state index contributed by atoms with van der Waals surface area (Å²) in [5.41, 5.74) is -0.719. The number of carbonyl (C=O) groups is 1. The number of methoxy groups -OCH3 is 1. The summed E-state index contributed by atoms with van der Waals surface area (Å²) in [6.45, 7) is 6.27. The Balaban J connectivity index is 4.44. The van der Waals surface area contributed by atoms with Gasteiger partial charge in [-0.05, 0) is 19.8 Å². The van der Waals surface area contributed by atoms with Gasteiger partial charge in [0.05, 0.1) is 7.11 Å². The summed E-state index contributed by atoms with van der Waals surface area (Å²) in [4.78, 5) is 11.3. The van der Waals surface area contributed by atoms with E-state index in [9.17, 15) is 4.79 Å². The van der Waals surface area contributed by atoms with Crippen molar-refractivity contribution in [3.8, 4) is 0 Å². The molecule has 0 atom stereocenters. The van der Waals surface area contributed by atoms with Crippen molar-refractivity contribution in [3.63, 3.8) is 0 Å². The summed E-state index contributed by atoms with van der Waals surface area (Å²) in [5, 5.41) is 0. The highest BCUT2D eigenvalue weighted by Gasteiger charge is 2.36. The highest BCUT2D eigenvalue weighted by molar-refractivity contribution is 5.79. The number of hydrogen-bond donors (Lipinski definition) is 0. The maximum Gasteiger partial charge on any atom is 0.338 e. The number of hydrogen-bond acceptors (Lipinski definition) is 3. The van der Waals surface area contributed by atoms with Gasteiger partial charge in [-0.3, -0.25) is 0 Å². The molecule has 0 amide bonds. The predicted octanol–water partition coefficient (Wildman–Crippen LogP) is 1.75. The summed E-state index contributed by atoms with van der Waals surface area (Å²) < 4.78 is 10.1. The average Bonchev–Trinajstić information content (AvgIpc) is 2.13. The monoisotopic (exact) mass is 174 g/mol. The molecule has 0 rings (SSSR count). The third-order valence-electron chi connectivity index (χ3n) is 2.12. The number of rotatable bonds is 5. The Labute approximate surface area is 74.0 Å². The van der Waals surface area contributed by atoms with Gasteiger partial charge in [0.15, 0.2) is 5.60 Å². The molecule has 0 aromatic rings. The molecule has 3 heteroatoms. The molecule has 0 aromatic heterocycles. The van der Waals surface area contributed by atoms with Crippen molar-refractivity contribution in [2.75, 3.05) is 13.7 Å². The van der Waals surface area contributed by atoms with Crippen LogP contribution in [0.5, 0.6) is 0 Å². The molecule has 3 nitrogen and oxygen atoms in total. The van der Waals surface area contributed by atoms with Crippen LogP contribution in [0.15, 0.2) is 0 Å².